The maximum atomic E-state index is 11.2. The van der Waals surface area contributed by atoms with Crippen LogP contribution in [0, 0.1) is 0 Å². The highest BCUT2D eigenvalue weighted by molar-refractivity contribution is 8.00. The van der Waals surface area contributed by atoms with Crippen LogP contribution < -0.4 is 0 Å². The third-order valence-electron chi connectivity index (χ3n) is 2.55. The third-order valence-corrected chi connectivity index (χ3v) is 4.75. The minimum atomic E-state index is -0.268. The van der Waals surface area contributed by atoms with Crippen LogP contribution in [0.15, 0.2) is 29.7 Å². The maximum Gasteiger partial charge on any atom is 0.316 e. The number of thioether (sulfide) groups is 1. The minimum absolute atomic E-state index is 0.240. The van der Waals surface area contributed by atoms with Crippen LogP contribution in [0.4, 0.5) is 0 Å². The number of aromatic nitrogens is 3. The Balaban J connectivity index is 2.07. The van der Waals surface area contributed by atoms with Crippen LogP contribution >= 0.6 is 23.1 Å². The van der Waals surface area contributed by atoms with E-state index in [4.69, 9.17) is 0 Å². The van der Waals surface area contributed by atoms with Gasteiger partial charge in [-0.1, -0.05) is 11.8 Å². The van der Waals surface area contributed by atoms with Gasteiger partial charge in [-0.25, -0.2) is 15.0 Å². The molecule has 3 aromatic heterocycles. The smallest absolute Gasteiger partial charge is 0.316 e. The number of methoxy groups -OCH3 is 1. The summed E-state index contributed by atoms with van der Waals surface area (Å²) in [6.45, 7) is 0. The number of ether oxygens (including phenoxy) is 1. The van der Waals surface area contributed by atoms with Crippen LogP contribution in [-0.4, -0.2) is 33.8 Å². The minimum Gasteiger partial charge on any atom is -0.468 e. The summed E-state index contributed by atoms with van der Waals surface area (Å²) in [5.41, 5.74) is 0.885. The van der Waals surface area contributed by atoms with E-state index in [9.17, 15) is 4.79 Å². The summed E-state index contributed by atoms with van der Waals surface area (Å²) in [4.78, 5) is 25.0. The Morgan fingerprint density at radius 3 is 3.16 bits per heavy atom. The largest absolute Gasteiger partial charge is 0.468 e. The third kappa shape index (κ3) is 2.26. The van der Waals surface area contributed by atoms with Crippen molar-refractivity contribution in [2.75, 3.05) is 12.9 Å². The quantitative estimate of drug-likeness (QED) is 0.420. The van der Waals surface area contributed by atoms with Crippen molar-refractivity contribution in [3.8, 4) is 0 Å². The molecule has 7 heteroatoms. The summed E-state index contributed by atoms with van der Waals surface area (Å²) in [5, 5.41) is 1.81. The van der Waals surface area contributed by atoms with E-state index in [1.165, 1.54) is 36.5 Å². The van der Waals surface area contributed by atoms with Gasteiger partial charge in [0.25, 0.3) is 0 Å². The first-order valence-electron chi connectivity index (χ1n) is 5.47. The molecule has 0 radical (unpaired) electrons. The van der Waals surface area contributed by atoms with Gasteiger partial charge >= 0.3 is 5.97 Å². The Hall–Kier alpha value is -1.73. The Labute approximate surface area is 117 Å². The molecule has 0 unspecified atom stereocenters. The molecule has 0 aliphatic carbocycles. The Kier molecular flexibility index (Phi) is 3.31. The van der Waals surface area contributed by atoms with Crippen molar-refractivity contribution < 1.29 is 9.53 Å². The van der Waals surface area contributed by atoms with Crippen molar-refractivity contribution in [3.05, 3.63) is 24.7 Å². The Morgan fingerprint density at radius 1 is 1.42 bits per heavy atom. The van der Waals surface area contributed by atoms with Crippen molar-refractivity contribution in [1.82, 2.24) is 15.0 Å². The van der Waals surface area contributed by atoms with Gasteiger partial charge in [-0.15, -0.1) is 11.3 Å². The lowest BCUT2D eigenvalue weighted by Crippen LogP contribution is -2.03. The van der Waals surface area contributed by atoms with Crippen LogP contribution in [0.1, 0.15) is 0 Å². The predicted molar refractivity (Wildman–Crippen MR) is 75.5 cm³/mol. The van der Waals surface area contributed by atoms with Crippen molar-refractivity contribution >= 4 is 49.5 Å². The molecule has 0 bridgehead atoms. The van der Waals surface area contributed by atoms with Crippen LogP contribution in [0.5, 0.6) is 0 Å². The van der Waals surface area contributed by atoms with Gasteiger partial charge in [0.1, 0.15) is 16.2 Å². The molecule has 3 aromatic rings. The molecule has 0 N–H and O–H groups in total. The molecule has 0 aromatic carbocycles. The number of carbonyl (C=O) groups is 1. The lowest BCUT2D eigenvalue weighted by Gasteiger charge is -2.00. The molecule has 3 rings (SSSR count). The van der Waals surface area contributed by atoms with Gasteiger partial charge in [0.05, 0.1) is 23.1 Å². The van der Waals surface area contributed by atoms with Crippen molar-refractivity contribution in [3.63, 3.8) is 0 Å². The molecule has 96 valence electrons. The fraction of sp³-hybridized carbons (Fsp3) is 0.167. The normalized spacial score (nSPS) is 11.0. The molecule has 0 fully saturated rings. The first-order chi connectivity index (χ1) is 9.29. The number of fused-ring (bicyclic) bond motifs is 3. The average molecular weight is 291 g/mol. The van der Waals surface area contributed by atoms with Gasteiger partial charge in [0.15, 0.2) is 0 Å². The number of hydrogen-bond donors (Lipinski definition) is 0. The van der Waals surface area contributed by atoms with E-state index in [1.54, 1.807) is 6.20 Å². The van der Waals surface area contributed by atoms with E-state index >= 15 is 0 Å². The van der Waals surface area contributed by atoms with Crippen LogP contribution in [0.2, 0.25) is 0 Å². The first kappa shape index (κ1) is 12.3. The highest BCUT2D eigenvalue weighted by Gasteiger charge is 2.13. The van der Waals surface area contributed by atoms with Crippen molar-refractivity contribution in [2.45, 2.75) is 5.03 Å². The molecule has 3 heterocycles. The highest BCUT2D eigenvalue weighted by atomic mass is 32.2. The van der Waals surface area contributed by atoms with Crippen molar-refractivity contribution in [1.29, 1.82) is 0 Å². The van der Waals surface area contributed by atoms with Gasteiger partial charge in [0, 0.05) is 11.6 Å². The average Bonchev–Trinajstić information content (AvgIpc) is 2.84. The van der Waals surface area contributed by atoms with E-state index in [0.29, 0.717) is 0 Å². The van der Waals surface area contributed by atoms with Crippen molar-refractivity contribution in [2.24, 2.45) is 0 Å². The molecule has 0 atom stereocenters. The molecule has 0 saturated heterocycles. The molecule has 0 aliphatic rings. The summed E-state index contributed by atoms with van der Waals surface area (Å²) >= 11 is 2.89. The summed E-state index contributed by atoms with van der Waals surface area (Å²) in [5.74, 6) is -0.0272. The zero-order chi connectivity index (χ0) is 13.2. The van der Waals surface area contributed by atoms with Gasteiger partial charge in [-0.3, -0.25) is 4.79 Å². The number of thiophene rings is 1. The van der Waals surface area contributed by atoms with Gasteiger partial charge in [-0.05, 0) is 12.1 Å². The van der Waals surface area contributed by atoms with E-state index in [-0.39, 0.29) is 11.7 Å². The second kappa shape index (κ2) is 5.10. The molecule has 0 saturated carbocycles. The monoisotopic (exact) mass is 291 g/mol. The van der Waals surface area contributed by atoms with E-state index in [1.807, 2.05) is 12.1 Å². The second-order valence-corrected chi connectivity index (χ2v) is 5.64. The second-order valence-electron chi connectivity index (χ2n) is 3.68. The summed E-state index contributed by atoms with van der Waals surface area (Å²) in [7, 11) is 1.38. The standard InChI is InChI=1S/C12H9N3O2S2/c1-17-8(16)5-18-12-10-9(14-6-15-12)7-3-2-4-13-11(7)19-10/h2-4,6H,5H2,1H3. The zero-order valence-electron chi connectivity index (χ0n) is 9.99. The van der Waals surface area contributed by atoms with Gasteiger partial charge in [0.2, 0.25) is 0 Å². The lowest BCUT2D eigenvalue weighted by atomic mass is 10.3. The molecule has 19 heavy (non-hydrogen) atoms. The fourth-order valence-corrected chi connectivity index (χ4v) is 3.68. The van der Waals surface area contributed by atoms with E-state index in [0.717, 1.165) is 25.5 Å². The molecular formula is C12H9N3O2S2. The predicted octanol–water partition coefficient (Wildman–Crippen LogP) is 2.50. The van der Waals surface area contributed by atoms with Crippen LogP contribution in [0.3, 0.4) is 0 Å². The van der Waals surface area contributed by atoms with Crippen LogP contribution in [0.25, 0.3) is 20.4 Å². The number of hydrogen-bond acceptors (Lipinski definition) is 7. The highest BCUT2D eigenvalue weighted by Crippen LogP contribution is 2.35. The Bertz CT molecular complexity index is 757. The Morgan fingerprint density at radius 2 is 2.32 bits per heavy atom. The first-order valence-corrected chi connectivity index (χ1v) is 7.27. The molecule has 5 nitrogen and oxygen atoms in total. The van der Waals surface area contributed by atoms with E-state index < -0.39 is 0 Å². The van der Waals surface area contributed by atoms with Gasteiger partial charge < -0.3 is 4.74 Å². The number of rotatable bonds is 3. The van der Waals surface area contributed by atoms with E-state index in [2.05, 4.69) is 19.7 Å². The number of nitrogens with zero attached hydrogens (tertiary/aromatic N) is 3. The topological polar surface area (TPSA) is 65.0 Å². The fourth-order valence-electron chi connectivity index (χ4n) is 1.68. The molecule has 0 amide bonds. The molecule has 0 aliphatic heterocycles. The SMILES string of the molecule is COC(=O)CSc1ncnc2c1sc1ncccc12. The summed E-state index contributed by atoms with van der Waals surface area (Å²) in [6.07, 6.45) is 3.27. The maximum absolute atomic E-state index is 11.2. The lowest BCUT2D eigenvalue weighted by molar-refractivity contribution is -0.137. The van der Waals surface area contributed by atoms with Gasteiger partial charge in [-0.2, -0.15) is 0 Å². The number of carbonyl (C=O) groups excluding carboxylic acids is 1. The summed E-state index contributed by atoms with van der Waals surface area (Å²) < 4.78 is 5.59. The molecular weight excluding hydrogens is 282 g/mol. The zero-order valence-corrected chi connectivity index (χ0v) is 11.6. The number of pyridine rings is 1. The van der Waals surface area contributed by atoms with Crippen LogP contribution in [-0.2, 0) is 9.53 Å². The number of esters is 1. The molecule has 0 spiro atoms. The summed E-state index contributed by atoms with van der Waals surface area (Å²) in [6, 6.07) is 3.88.